The summed E-state index contributed by atoms with van der Waals surface area (Å²) in [5, 5.41) is 7.20. The lowest BCUT2D eigenvalue weighted by molar-refractivity contribution is -0.120. The number of carbonyl (C=O) groups is 2. The number of benzene rings is 2. The van der Waals surface area contributed by atoms with Gasteiger partial charge in [-0.2, -0.15) is 5.10 Å². The van der Waals surface area contributed by atoms with E-state index in [2.05, 4.69) is 15.8 Å². The van der Waals surface area contributed by atoms with Crippen molar-refractivity contribution in [1.82, 2.24) is 5.43 Å². The minimum Gasteiger partial charge on any atom is -0.326 e. The van der Waals surface area contributed by atoms with Crippen molar-refractivity contribution < 1.29 is 9.59 Å². The van der Waals surface area contributed by atoms with Crippen LogP contribution in [0.25, 0.3) is 0 Å². The molecule has 0 radical (unpaired) electrons. The highest BCUT2D eigenvalue weighted by Gasteiger charge is 2.21. The van der Waals surface area contributed by atoms with Crippen LogP contribution in [-0.2, 0) is 4.79 Å². The molecule has 0 unspecified atom stereocenters. The van der Waals surface area contributed by atoms with Crippen LogP contribution in [0, 0.1) is 5.92 Å². The topological polar surface area (TPSA) is 70.6 Å². The Morgan fingerprint density at radius 2 is 1.63 bits per heavy atom. The molecule has 1 aliphatic carbocycles. The molecule has 2 N–H and O–H groups in total. The van der Waals surface area contributed by atoms with Crippen LogP contribution in [0.4, 0.5) is 5.69 Å². The summed E-state index contributed by atoms with van der Waals surface area (Å²) in [5.74, 6) is -0.0436. The SMILES string of the molecule is CC(=NNC(=O)c1ccccc1)c1cccc(NC(=O)C2CCCCC2)c1. The molecule has 0 atom stereocenters. The molecule has 2 aromatic rings. The Morgan fingerprint density at radius 3 is 2.37 bits per heavy atom. The number of nitrogens with one attached hydrogen (secondary N) is 2. The van der Waals surface area contributed by atoms with Crippen LogP contribution >= 0.6 is 0 Å². The van der Waals surface area contributed by atoms with Gasteiger partial charge in [-0.15, -0.1) is 0 Å². The third-order valence-electron chi connectivity index (χ3n) is 4.88. The van der Waals surface area contributed by atoms with Gasteiger partial charge in [-0.25, -0.2) is 5.43 Å². The van der Waals surface area contributed by atoms with Crippen LogP contribution in [0.3, 0.4) is 0 Å². The molecule has 1 aliphatic rings. The van der Waals surface area contributed by atoms with Gasteiger partial charge in [0.15, 0.2) is 0 Å². The minimum absolute atomic E-state index is 0.0961. The molecular weight excluding hydrogens is 338 g/mol. The highest BCUT2D eigenvalue weighted by Crippen LogP contribution is 2.25. The minimum atomic E-state index is -0.253. The molecular formula is C22H25N3O2. The van der Waals surface area contributed by atoms with Gasteiger partial charge in [0.1, 0.15) is 0 Å². The number of hydrogen-bond donors (Lipinski definition) is 2. The number of amides is 2. The molecule has 5 nitrogen and oxygen atoms in total. The molecule has 0 saturated heterocycles. The van der Waals surface area contributed by atoms with Crippen molar-refractivity contribution in [2.45, 2.75) is 39.0 Å². The van der Waals surface area contributed by atoms with Gasteiger partial charge in [-0.05, 0) is 49.6 Å². The highest BCUT2D eigenvalue weighted by molar-refractivity contribution is 6.02. The second-order valence-electron chi connectivity index (χ2n) is 6.91. The van der Waals surface area contributed by atoms with Crippen molar-refractivity contribution in [3.05, 3.63) is 65.7 Å². The average Bonchev–Trinajstić information content (AvgIpc) is 2.73. The zero-order valence-electron chi connectivity index (χ0n) is 15.6. The van der Waals surface area contributed by atoms with Crippen LogP contribution in [-0.4, -0.2) is 17.5 Å². The third kappa shape index (κ3) is 5.26. The van der Waals surface area contributed by atoms with E-state index in [0.717, 1.165) is 36.9 Å². The number of hydrogen-bond acceptors (Lipinski definition) is 3. The lowest BCUT2D eigenvalue weighted by atomic mass is 9.88. The maximum Gasteiger partial charge on any atom is 0.271 e. The van der Waals surface area contributed by atoms with Crippen LogP contribution in [0.2, 0.25) is 0 Å². The monoisotopic (exact) mass is 363 g/mol. The first kappa shape index (κ1) is 18.8. The molecule has 1 fully saturated rings. The van der Waals surface area contributed by atoms with Gasteiger partial charge in [0.25, 0.3) is 5.91 Å². The van der Waals surface area contributed by atoms with Gasteiger partial charge in [0, 0.05) is 17.2 Å². The molecule has 0 spiro atoms. The van der Waals surface area contributed by atoms with Crippen molar-refractivity contribution >= 4 is 23.2 Å². The molecule has 0 aromatic heterocycles. The number of carbonyl (C=O) groups excluding carboxylic acids is 2. The molecule has 0 heterocycles. The van der Waals surface area contributed by atoms with Gasteiger partial charge in [-0.1, -0.05) is 49.6 Å². The molecule has 0 bridgehead atoms. The van der Waals surface area contributed by atoms with E-state index >= 15 is 0 Å². The molecule has 5 heteroatoms. The summed E-state index contributed by atoms with van der Waals surface area (Å²) in [4.78, 5) is 24.5. The van der Waals surface area contributed by atoms with E-state index in [1.54, 1.807) is 12.1 Å². The van der Waals surface area contributed by atoms with Gasteiger partial charge >= 0.3 is 0 Å². The Hall–Kier alpha value is -2.95. The molecule has 3 rings (SSSR count). The Balaban J connectivity index is 1.63. The highest BCUT2D eigenvalue weighted by atomic mass is 16.2. The number of nitrogens with zero attached hydrogens (tertiary/aromatic N) is 1. The van der Waals surface area contributed by atoms with Crippen molar-refractivity contribution in [1.29, 1.82) is 0 Å². The van der Waals surface area contributed by atoms with Gasteiger partial charge < -0.3 is 5.32 Å². The third-order valence-corrected chi connectivity index (χ3v) is 4.88. The van der Waals surface area contributed by atoms with Crippen LogP contribution in [0.5, 0.6) is 0 Å². The molecule has 2 amide bonds. The maximum atomic E-state index is 12.4. The summed E-state index contributed by atoms with van der Waals surface area (Å²) in [6.45, 7) is 1.83. The first-order valence-corrected chi connectivity index (χ1v) is 9.44. The lowest BCUT2D eigenvalue weighted by Crippen LogP contribution is -2.24. The maximum absolute atomic E-state index is 12.4. The van der Waals surface area contributed by atoms with Crippen molar-refractivity contribution in [2.75, 3.05) is 5.32 Å². The first-order chi connectivity index (χ1) is 13.1. The summed E-state index contributed by atoms with van der Waals surface area (Å²) in [6, 6.07) is 16.5. The Kier molecular flexibility index (Phi) is 6.36. The second kappa shape index (κ2) is 9.12. The van der Waals surface area contributed by atoms with Crippen molar-refractivity contribution in [3.8, 4) is 0 Å². The second-order valence-corrected chi connectivity index (χ2v) is 6.91. The van der Waals surface area contributed by atoms with E-state index in [1.807, 2.05) is 49.4 Å². The smallest absolute Gasteiger partial charge is 0.271 e. The Bertz CT molecular complexity index is 824. The fraction of sp³-hybridized carbons (Fsp3) is 0.318. The predicted octanol–water partition coefficient (Wildman–Crippen LogP) is 4.36. The standard InChI is InChI=1S/C22H25N3O2/c1-16(24-25-22(27)18-11-6-3-7-12-18)19-13-8-14-20(15-19)23-21(26)17-9-4-2-5-10-17/h3,6-8,11-15,17H,2,4-5,9-10H2,1H3,(H,23,26)(H,25,27). The Labute approximate surface area is 159 Å². The number of anilines is 1. The molecule has 27 heavy (non-hydrogen) atoms. The molecule has 0 aliphatic heterocycles. The molecule has 1 saturated carbocycles. The van der Waals surface area contributed by atoms with E-state index in [-0.39, 0.29) is 17.7 Å². The van der Waals surface area contributed by atoms with Crippen molar-refractivity contribution in [3.63, 3.8) is 0 Å². The average molecular weight is 363 g/mol. The molecule has 140 valence electrons. The largest absolute Gasteiger partial charge is 0.326 e. The van der Waals surface area contributed by atoms with E-state index in [4.69, 9.17) is 0 Å². The van der Waals surface area contributed by atoms with Crippen LogP contribution < -0.4 is 10.7 Å². The summed E-state index contributed by atoms with van der Waals surface area (Å²) in [5.41, 5.74) is 5.41. The van der Waals surface area contributed by atoms with Crippen LogP contribution in [0.15, 0.2) is 59.7 Å². The fourth-order valence-corrected chi connectivity index (χ4v) is 3.28. The normalized spacial score (nSPS) is 15.2. The van der Waals surface area contributed by atoms with Gasteiger partial charge in [0.2, 0.25) is 5.91 Å². The van der Waals surface area contributed by atoms with Gasteiger partial charge in [0.05, 0.1) is 5.71 Å². The van der Waals surface area contributed by atoms with E-state index in [1.165, 1.54) is 6.42 Å². The number of hydrazone groups is 1. The zero-order valence-corrected chi connectivity index (χ0v) is 15.6. The van der Waals surface area contributed by atoms with E-state index < -0.39 is 0 Å². The fourth-order valence-electron chi connectivity index (χ4n) is 3.28. The van der Waals surface area contributed by atoms with E-state index in [9.17, 15) is 9.59 Å². The Morgan fingerprint density at radius 1 is 0.926 bits per heavy atom. The summed E-state index contributed by atoms with van der Waals surface area (Å²) >= 11 is 0. The number of rotatable bonds is 5. The van der Waals surface area contributed by atoms with E-state index in [0.29, 0.717) is 11.3 Å². The van der Waals surface area contributed by atoms with Crippen molar-refractivity contribution in [2.24, 2.45) is 11.0 Å². The zero-order chi connectivity index (χ0) is 19.1. The molecule has 2 aromatic carbocycles. The van der Waals surface area contributed by atoms with Crippen LogP contribution in [0.1, 0.15) is 54.9 Å². The first-order valence-electron chi connectivity index (χ1n) is 9.44. The lowest BCUT2D eigenvalue weighted by Gasteiger charge is -2.20. The summed E-state index contributed by atoms with van der Waals surface area (Å²) in [7, 11) is 0. The van der Waals surface area contributed by atoms with Gasteiger partial charge in [-0.3, -0.25) is 9.59 Å². The summed E-state index contributed by atoms with van der Waals surface area (Å²) in [6.07, 6.45) is 5.43. The summed E-state index contributed by atoms with van der Waals surface area (Å²) < 4.78 is 0. The predicted molar refractivity (Wildman–Crippen MR) is 108 cm³/mol. The quantitative estimate of drug-likeness (QED) is 0.612.